The number of carbonyl (C=O) groups excluding carboxylic acids is 2. The summed E-state index contributed by atoms with van der Waals surface area (Å²) in [6, 6.07) is -0.392. The first-order chi connectivity index (χ1) is 7.15. The summed E-state index contributed by atoms with van der Waals surface area (Å²) in [5.41, 5.74) is 5.16. The summed E-state index contributed by atoms with van der Waals surface area (Å²) in [6.45, 7) is 3.76. The average Bonchev–Trinajstić information content (AvgIpc) is 2.70. The zero-order valence-corrected chi connectivity index (χ0v) is 9.16. The van der Waals surface area contributed by atoms with E-state index in [0.29, 0.717) is 6.42 Å². The van der Waals surface area contributed by atoms with E-state index in [1.807, 2.05) is 11.8 Å². The Morgan fingerprint density at radius 2 is 2.00 bits per heavy atom. The molecular formula is C10H19N3O2. The molecule has 1 aliphatic heterocycles. The van der Waals surface area contributed by atoms with E-state index in [4.69, 9.17) is 5.73 Å². The Balaban J connectivity index is 2.28. The third kappa shape index (κ3) is 3.51. The van der Waals surface area contributed by atoms with Crippen LogP contribution < -0.4 is 11.1 Å². The smallest absolute Gasteiger partial charge is 0.236 e. The number of hydrogen-bond acceptors (Lipinski definition) is 3. The van der Waals surface area contributed by atoms with Crippen molar-refractivity contribution in [2.45, 2.75) is 32.2 Å². The molecule has 0 spiro atoms. The molecule has 0 aromatic carbocycles. The highest BCUT2D eigenvalue weighted by Gasteiger charge is 2.19. The van der Waals surface area contributed by atoms with Gasteiger partial charge in [-0.25, -0.2) is 0 Å². The minimum Gasteiger partial charge on any atom is -0.368 e. The van der Waals surface area contributed by atoms with Crippen molar-refractivity contribution >= 4 is 11.8 Å². The van der Waals surface area contributed by atoms with Crippen molar-refractivity contribution in [2.75, 3.05) is 19.6 Å². The number of carbonyl (C=O) groups is 2. The molecule has 86 valence electrons. The Bertz CT molecular complexity index is 237. The molecule has 5 nitrogen and oxygen atoms in total. The first kappa shape index (κ1) is 12.0. The number of nitrogens with two attached hydrogens (primary N) is 1. The first-order valence-corrected chi connectivity index (χ1v) is 5.45. The van der Waals surface area contributed by atoms with E-state index >= 15 is 0 Å². The van der Waals surface area contributed by atoms with Crippen LogP contribution in [-0.2, 0) is 9.59 Å². The molecule has 1 atom stereocenters. The molecule has 2 amide bonds. The van der Waals surface area contributed by atoms with Crippen LogP contribution in [0, 0.1) is 0 Å². The van der Waals surface area contributed by atoms with Crippen LogP contribution in [0.15, 0.2) is 0 Å². The van der Waals surface area contributed by atoms with Gasteiger partial charge in [-0.05, 0) is 19.3 Å². The molecule has 0 bridgehead atoms. The van der Waals surface area contributed by atoms with Crippen molar-refractivity contribution in [1.29, 1.82) is 0 Å². The summed E-state index contributed by atoms with van der Waals surface area (Å²) < 4.78 is 0. The van der Waals surface area contributed by atoms with Gasteiger partial charge in [0.25, 0.3) is 0 Å². The fraction of sp³-hybridized carbons (Fsp3) is 0.800. The molecule has 0 aromatic heterocycles. The minimum atomic E-state index is -0.397. The Morgan fingerprint density at radius 1 is 1.40 bits per heavy atom. The lowest BCUT2D eigenvalue weighted by atomic mass is 10.2. The maximum Gasteiger partial charge on any atom is 0.236 e. The molecule has 0 aliphatic carbocycles. The summed E-state index contributed by atoms with van der Waals surface area (Å²) in [5.74, 6) is -0.334. The third-order valence-electron chi connectivity index (χ3n) is 2.71. The standard InChI is InChI=1S/C10H19N3O2/c1-2-8(10(11)15)12-7-9(14)13-5-3-4-6-13/h8,12H,2-7H2,1H3,(H2,11,15). The highest BCUT2D eigenvalue weighted by Crippen LogP contribution is 2.06. The predicted molar refractivity (Wildman–Crippen MR) is 57.1 cm³/mol. The molecule has 0 radical (unpaired) electrons. The molecular weight excluding hydrogens is 194 g/mol. The van der Waals surface area contributed by atoms with Gasteiger partial charge in [0.15, 0.2) is 0 Å². The van der Waals surface area contributed by atoms with Crippen molar-refractivity contribution in [3.05, 3.63) is 0 Å². The Hall–Kier alpha value is -1.10. The van der Waals surface area contributed by atoms with Gasteiger partial charge in [-0.1, -0.05) is 6.92 Å². The fourth-order valence-electron chi connectivity index (χ4n) is 1.73. The molecule has 0 saturated carbocycles. The monoisotopic (exact) mass is 213 g/mol. The highest BCUT2D eigenvalue weighted by atomic mass is 16.2. The third-order valence-corrected chi connectivity index (χ3v) is 2.71. The van der Waals surface area contributed by atoms with Crippen LogP contribution in [0.25, 0.3) is 0 Å². The summed E-state index contributed by atoms with van der Waals surface area (Å²) >= 11 is 0. The number of likely N-dealkylation sites (tertiary alicyclic amines) is 1. The second kappa shape index (κ2) is 5.70. The summed E-state index contributed by atoms with van der Waals surface area (Å²) in [5, 5.41) is 2.88. The van der Waals surface area contributed by atoms with Crippen molar-refractivity contribution in [3.63, 3.8) is 0 Å². The number of hydrogen-bond donors (Lipinski definition) is 2. The molecule has 5 heteroatoms. The molecule has 0 aromatic rings. The van der Waals surface area contributed by atoms with Gasteiger partial charge >= 0.3 is 0 Å². The number of rotatable bonds is 5. The fourth-order valence-corrected chi connectivity index (χ4v) is 1.73. The topological polar surface area (TPSA) is 75.4 Å². The summed E-state index contributed by atoms with van der Waals surface area (Å²) in [7, 11) is 0. The van der Waals surface area contributed by atoms with Crippen LogP contribution in [0.1, 0.15) is 26.2 Å². The quantitative estimate of drug-likeness (QED) is 0.644. The van der Waals surface area contributed by atoms with E-state index in [2.05, 4.69) is 5.32 Å². The Kier molecular flexibility index (Phi) is 4.55. The summed E-state index contributed by atoms with van der Waals surface area (Å²) in [6.07, 6.45) is 2.78. The van der Waals surface area contributed by atoms with Gasteiger partial charge in [-0.3, -0.25) is 14.9 Å². The molecule has 1 saturated heterocycles. The van der Waals surface area contributed by atoms with E-state index in [1.165, 1.54) is 0 Å². The van der Waals surface area contributed by atoms with E-state index in [0.717, 1.165) is 25.9 Å². The molecule has 1 fully saturated rings. The Labute approximate surface area is 90.0 Å². The van der Waals surface area contributed by atoms with Crippen molar-refractivity contribution in [1.82, 2.24) is 10.2 Å². The van der Waals surface area contributed by atoms with Gasteiger partial charge in [0.1, 0.15) is 0 Å². The van der Waals surface area contributed by atoms with E-state index in [9.17, 15) is 9.59 Å². The average molecular weight is 213 g/mol. The van der Waals surface area contributed by atoms with E-state index in [-0.39, 0.29) is 12.5 Å². The van der Waals surface area contributed by atoms with E-state index in [1.54, 1.807) is 0 Å². The zero-order valence-electron chi connectivity index (χ0n) is 9.16. The van der Waals surface area contributed by atoms with Crippen LogP contribution in [0.3, 0.4) is 0 Å². The number of amides is 2. The summed E-state index contributed by atoms with van der Waals surface area (Å²) in [4.78, 5) is 24.3. The van der Waals surface area contributed by atoms with Crippen LogP contribution in [-0.4, -0.2) is 42.4 Å². The van der Waals surface area contributed by atoms with Gasteiger partial charge in [0.05, 0.1) is 12.6 Å². The highest BCUT2D eigenvalue weighted by molar-refractivity contribution is 5.82. The van der Waals surface area contributed by atoms with Gasteiger partial charge < -0.3 is 10.6 Å². The second-order valence-corrected chi connectivity index (χ2v) is 3.83. The number of nitrogens with zero attached hydrogens (tertiary/aromatic N) is 1. The van der Waals surface area contributed by atoms with Crippen LogP contribution >= 0.6 is 0 Å². The predicted octanol–water partition coefficient (Wildman–Crippen LogP) is -0.538. The van der Waals surface area contributed by atoms with Gasteiger partial charge in [0.2, 0.25) is 11.8 Å². The van der Waals surface area contributed by atoms with Crippen molar-refractivity contribution in [2.24, 2.45) is 5.73 Å². The molecule has 1 aliphatic rings. The van der Waals surface area contributed by atoms with Crippen LogP contribution in [0.4, 0.5) is 0 Å². The molecule has 3 N–H and O–H groups in total. The largest absolute Gasteiger partial charge is 0.368 e. The molecule has 1 rings (SSSR count). The first-order valence-electron chi connectivity index (χ1n) is 5.45. The molecule has 1 unspecified atom stereocenters. The molecule has 1 heterocycles. The second-order valence-electron chi connectivity index (χ2n) is 3.83. The van der Waals surface area contributed by atoms with Crippen LogP contribution in [0.5, 0.6) is 0 Å². The lowest BCUT2D eigenvalue weighted by Crippen LogP contribution is -2.46. The normalized spacial score (nSPS) is 17.8. The van der Waals surface area contributed by atoms with E-state index < -0.39 is 11.9 Å². The lowest BCUT2D eigenvalue weighted by molar-refractivity contribution is -0.129. The zero-order chi connectivity index (χ0) is 11.3. The minimum absolute atomic E-state index is 0.0622. The lowest BCUT2D eigenvalue weighted by Gasteiger charge is -2.18. The van der Waals surface area contributed by atoms with Crippen molar-refractivity contribution in [3.8, 4) is 0 Å². The number of primary amides is 1. The van der Waals surface area contributed by atoms with Crippen molar-refractivity contribution < 1.29 is 9.59 Å². The number of nitrogens with one attached hydrogen (secondary N) is 1. The molecule has 15 heavy (non-hydrogen) atoms. The Morgan fingerprint density at radius 3 is 2.47 bits per heavy atom. The van der Waals surface area contributed by atoms with Gasteiger partial charge in [-0.15, -0.1) is 0 Å². The maximum absolute atomic E-state index is 11.6. The van der Waals surface area contributed by atoms with Crippen LogP contribution in [0.2, 0.25) is 0 Å². The SMILES string of the molecule is CCC(NCC(=O)N1CCCC1)C(N)=O. The van der Waals surface area contributed by atoms with Gasteiger partial charge in [0, 0.05) is 13.1 Å². The maximum atomic E-state index is 11.6. The van der Waals surface area contributed by atoms with Gasteiger partial charge in [-0.2, -0.15) is 0 Å².